The first kappa shape index (κ1) is 66.9. The van der Waals surface area contributed by atoms with E-state index in [-0.39, 0.29) is 80.8 Å². The van der Waals surface area contributed by atoms with Gasteiger partial charge in [0.1, 0.15) is 47.8 Å². The Morgan fingerprint density at radius 1 is 0.753 bits per heavy atom. The molecule has 9 atom stereocenters. The molecule has 0 radical (unpaired) electrons. The molecule has 4 aromatic rings. The molecule has 13 N–H and O–H groups in total. The van der Waals surface area contributed by atoms with E-state index in [1.54, 1.807) is 42.5 Å². The Morgan fingerprint density at radius 2 is 1.41 bits per heavy atom. The highest BCUT2D eigenvalue weighted by Gasteiger charge is 2.45. The Kier molecular flexibility index (Phi) is 25.5. The molecule has 23 nitrogen and oxygen atoms in total. The standard InChI is InChI=1S/C54H77N9O11.C7H8O3S/c1-3-4-5-6-7-10-26-74-41-22-19-35-27-37(18-17-36(35)28-41)48(67)58-42-13-11-25-57-51(70)46-30-40(66)32-63(46)53(72)44(12-8-9-24-55)60-49(68)43(23-16-34-14-20-39(65)21-15-34)59-52(71)45-29-38(56)31-62(45)54(73)47(33(2)64)61-50(42)69;1-6-2-4-7(5-3-6)11(8,9)10/h14-15,17-22,27-28,33,38,40,42-47,64-66H,3-13,16,23-26,29-32,55-56H2,1-2H3,(H,57,70)(H,58,67)(H,59,71)(H,60,68)(H,61,69);2-5H,1H3,(H,8,9,10)/t33-,38+,40+,42+,43+,44+,45+,46+,47+;/m1./s1. The molecule has 464 valence electrons. The zero-order chi connectivity index (χ0) is 61.8. The lowest BCUT2D eigenvalue weighted by Crippen LogP contribution is -2.61. The monoisotopic (exact) mass is 1200 g/mol. The van der Waals surface area contributed by atoms with E-state index in [4.69, 9.17) is 20.8 Å². The zero-order valence-electron chi connectivity index (χ0n) is 48.7. The normalized spacial score (nSPS) is 23.2. The number of aliphatic hydroxyl groups is 2. The number of carbonyl (C=O) groups is 7. The summed E-state index contributed by atoms with van der Waals surface area (Å²) in [5.74, 6) is -4.18. The molecule has 3 heterocycles. The highest BCUT2D eigenvalue weighted by molar-refractivity contribution is 7.85. The van der Waals surface area contributed by atoms with E-state index in [9.17, 15) is 57.3 Å². The first-order valence-electron chi connectivity index (χ1n) is 29.5. The topological polar surface area (TPSA) is 362 Å². The molecule has 0 aromatic heterocycles. The van der Waals surface area contributed by atoms with Crippen LogP contribution in [0, 0.1) is 6.92 Å². The molecule has 0 bridgehead atoms. The third-order valence-electron chi connectivity index (χ3n) is 15.4. The summed E-state index contributed by atoms with van der Waals surface area (Å²) in [4.78, 5) is 102. The molecule has 3 aliphatic rings. The highest BCUT2D eigenvalue weighted by Crippen LogP contribution is 2.26. The first-order valence-corrected chi connectivity index (χ1v) is 30.9. The Bertz CT molecular complexity index is 3020. The largest absolute Gasteiger partial charge is 0.508 e. The molecule has 3 fully saturated rings. The number of nitrogens with zero attached hydrogens (tertiary/aromatic N) is 2. The highest BCUT2D eigenvalue weighted by atomic mass is 32.2. The summed E-state index contributed by atoms with van der Waals surface area (Å²) in [7, 11) is -4.02. The van der Waals surface area contributed by atoms with Crippen LogP contribution in [0.25, 0.3) is 10.8 Å². The van der Waals surface area contributed by atoms with E-state index in [0.29, 0.717) is 31.7 Å². The number of aryl methyl sites for hydroxylation is 2. The van der Waals surface area contributed by atoms with Crippen molar-refractivity contribution in [2.24, 2.45) is 11.5 Å². The molecular formula is C61H85N9O14S. The average molecular weight is 1200 g/mol. The minimum absolute atomic E-state index is 0.0140. The summed E-state index contributed by atoms with van der Waals surface area (Å²) in [5.41, 5.74) is 14.1. The van der Waals surface area contributed by atoms with Gasteiger partial charge in [-0.05, 0) is 143 Å². The van der Waals surface area contributed by atoms with Gasteiger partial charge in [0, 0.05) is 37.7 Å². The Balaban J connectivity index is 0.000000942. The number of carbonyl (C=O) groups excluding carboxylic acids is 7. The van der Waals surface area contributed by atoms with Gasteiger partial charge in [0.15, 0.2) is 0 Å². The van der Waals surface area contributed by atoms with Crippen molar-refractivity contribution >= 4 is 62.2 Å². The third-order valence-corrected chi connectivity index (χ3v) is 16.3. The van der Waals surface area contributed by atoms with E-state index in [1.165, 1.54) is 61.8 Å². The predicted octanol–water partition coefficient (Wildman–Crippen LogP) is 3.02. The summed E-state index contributed by atoms with van der Waals surface area (Å²) in [6, 6.07) is 14.5. The van der Waals surface area contributed by atoms with Gasteiger partial charge >= 0.3 is 0 Å². The van der Waals surface area contributed by atoms with Gasteiger partial charge in [-0.1, -0.05) is 81.0 Å². The van der Waals surface area contributed by atoms with Crippen LogP contribution in [0.3, 0.4) is 0 Å². The summed E-state index contributed by atoms with van der Waals surface area (Å²) < 4.78 is 35.6. The molecule has 0 spiro atoms. The van der Waals surface area contributed by atoms with Crippen molar-refractivity contribution < 1.29 is 66.6 Å². The number of aromatic hydroxyl groups is 1. The lowest BCUT2D eigenvalue weighted by molar-refractivity contribution is -0.144. The number of rotatable bonds is 19. The van der Waals surface area contributed by atoms with Crippen molar-refractivity contribution in [3.8, 4) is 11.5 Å². The Labute approximate surface area is 497 Å². The lowest BCUT2D eigenvalue weighted by Gasteiger charge is -2.32. The van der Waals surface area contributed by atoms with Crippen LogP contribution in [0.15, 0.2) is 89.8 Å². The number of fused-ring (bicyclic) bond motifs is 3. The smallest absolute Gasteiger partial charge is 0.294 e. The van der Waals surface area contributed by atoms with Gasteiger partial charge in [0.05, 0.1) is 23.7 Å². The summed E-state index contributed by atoms with van der Waals surface area (Å²) in [5, 5.41) is 47.2. The molecule has 7 rings (SSSR count). The second-order valence-electron chi connectivity index (χ2n) is 22.3. The van der Waals surface area contributed by atoms with Gasteiger partial charge in [-0.3, -0.25) is 38.1 Å². The summed E-state index contributed by atoms with van der Waals surface area (Å²) >= 11 is 0. The van der Waals surface area contributed by atoms with Crippen LogP contribution < -0.4 is 42.8 Å². The van der Waals surface area contributed by atoms with Gasteiger partial charge in [-0.2, -0.15) is 8.42 Å². The Morgan fingerprint density at radius 3 is 2.11 bits per heavy atom. The van der Waals surface area contributed by atoms with E-state index >= 15 is 0 Å². The van der Waals surface area contributed by atoms with Crippen LogP contribution in [0.1, 0.15) is 125 Å². The maximum absolute atomic E-state index is 14.5. The number of nitrogens with two attached hydrogens (primary N) is 2. The van der Waals surface area contributed by atoms with E-state index in [1.807, 2.05) is 25.1 Å². The fourth-order valence-corrected chi connectivity index (χ4v) is 11.1. The van der Waals surface area contributed by atoms with Crippen LogP contribution in [0.2, 0.25) is 0 Å². The van der Waals surface area contributed by atoms with Gasteiger partial charge in [-0.25, -0.2) is 0 Å². The number of phenolic OH excluding ortho intramolecular Hbond substituents is 1. The number of benzene rings is 4. The second-order valence-corrected chi connectivity index (χ2v) is 23.7. The third kappa shape index (κ3) is 19.9. The van der Waals surface area contributed by atoms with Crippen molar-refractivity contribution in [1.29, 1.82) is 0 Å². The van der Waals surface area contributed by atoms with Crippen molar-refractivity contribution in [3.05, 3.63) is 102 Å². The van der Waals surface area contributed by atoms with Crippen LogP contribution in [-0.4, -0.2) is 167 Å². The second kappa shape index (κ2) is 32.3. The van der Waals surface area contributed by atoms with Crippen molar-refractivity contribution in [1.82, 2.24) is 36.4 Å². The molecule has 0 aliphatic carbocycles. The van der Waals surface area contributed by atoms with Crippen LogP contribution in [0.4, 0.5) is 0 Å². The van der Waals surface area contributed by atoms with Gasteiger partial charge in [-0.15, -0.1) is 0 Å². The number of aliphatic hydroxyl groups excluding tert-OH is 2. The van der Waals surface area contributed by atoms with Gasteiger partial charge < -0.3 is 67.9 Å². The maximum atomic E-state index is 14.5. The SMILES string of the molecule is CCCCCCCCOc1ccc2cc(C(=O)N[C@H]3CCCNC(=O)[C@@H]4C[C@H](O)CN4C(=O)[C@H](CCCCN)NC(=O)[C@H](CCc4ccc(O)cc4)NC(=O)[C@@H]4C[C@H](N)CN4C(=O)[C@H]([C@@H](C)O)NC3=O)ccc2c1.Cc1ccc(S(=O)(=O)O)cc1. The minimum Gasteiger partial charge on any atom is -0.508 e. The molecule has 4 aromatic carbocycles. The van der Waals surface area contributed by atoms with E-state index in [2.05, 4.69) is 33.5 Å². The number of hydrogen-bond donors (Lipinski definition) is 11. The molecule has 7 amide bonds. The summed E-state index contributed by atoms with van der Waals surface area (Å²) in [6.45, 7) is 5.90. The fraction of sp³-hybridized carbons (Fsp3) is 0.525. The molecule has 3 saturated heterocycles. The molecule has 3 aliphatic heterocycles. The maximum Gasteiger partial charge on any atom is 0.294 e. The molecule has 0 saturated carbocycles. The van der Waals surface area contributed by atoms with E-state index in [0.717, 1.165) is 39.6 Å². The zero-order valence-corrected chi connectivity index (χ0v) is 49.6. The number of unbranched alkanes of at least 4 members (excludes halogenated alkanes) is 6. The lowest BCUT2D eigenvalue weighted by atomic mass is 10.0. The van der Waals surface area contributed by atoms with E-state index < -0.39 is 106 Å². The van der Waals surface area contributed by atoms with Crippen molar-refractivity contribution in [2.75, 3.05) is 32.8 Å². The van der Waals surface area contributed by atoms with Crippen LogP contribution >= 0.6 is 0 Å². The number of nitrogens with one attached hydrogen (secondary N) is 5. The van der Waals surface area contributed by atoms with Gasteiger partial charge in [0.25, 0.3) is 16.0 Å². The number of ether oxygens (including phenoxy) is 1. The number of hydrogen-bond acceptors (Lipinski definition) is 15. The Hall–Kier alpha value is -7.22. The van der Waals surface area contributed by atoms with Crippen molar-refractivity contribution in [3.63, 3.8) is 0 Å². The minimum atomic E-state index is -4.02. The summed E-state index contributed by atoms with van der Waals surface area (Å²) in [6.07, 6.45) is 5.59. The predicted molar refractivity (Wildman–Crippen MR) is 318 cm³/mol. The first-order chi connectivity index (χ1) is 40.6. The van der Waals surface area contributed by atoms with Gasteiger partial charge in [0.2, 0.25) is 35.4 Å². The molecule has 0 unspecified atom stereocenters. The van der Waals surface area contributed by atoms with Crippen molar-refractivity contribution in [2.45, 2.75) is 176 Å². The average Bonchev–Trinajstić information content (AvgIpc) is 3.60. The number of amides is 7. The molecular weight excluding hydrogens is 1110 g/mol. The quantitative estimate of drug-likeness (QED) is 0.0475. The molecule has 85 heavy (non-hydrogen) atoms. The van der Waals surface area contributed by atoms with Crippen LogP contribution in [0.5, 0.6) is 11.5 Å². The fourth-order valence-electron chi connectivity index (χ4n) is 10.6. The molecule has 24 heteroatoms. The number of phenols is 1. The van der Waals surface area contributed by atoms with Crippen LogP contribution in [-0.2, 0) is 45.3 Å².